The van der Waals surface area contributed by atoms with Crippen LogP contribution in [0.2, 0.25) is 0 Å². The Morgan fingerprint density at radius 1 is 0.341 bits per heavy atom. The van der Waals surface area contributed by atoms with Crippen molar-refractivity contribution in [3.8, 4) is 23.0 Å². The second-order valence-corrected chi connectivity index (χ2v) is 52.3. The van der Waals surface area contributed by atoms with Crippen molar-refractivity contribution in [3.05, 3.63) is 128 Å². The van der Waals surface area contributed by atoms with Crippen LogP contribution in [0.3, 0.4) is 0 Å². The molecule has 0 heterocycles. The molecule has 742 valence electrons. The van der Waals surface area contributed by atoms with Gasteiger partial charge in [0, 0.05) is 34.7 Å². The maximum Gasteiger partial charge on any atom is 0.155 e. The number of phenolic OH excluding ortho intramolecular Hbond substituents is 4. The molecule has 4 aromatic rings. The van der Waals surface area contributed by atoms with Crippen molar-refractivity contribution in [2.24, 2.45) is 174 Å². The molecule has 37 atom stereocenters. The summed E-state index contributed by atoms with van der Waals surface area (Å²) in [6.07, 6.45) is 53.4. The molecule has 4 aromatic carbocycles. The molecular formula is C125H182O10. The first kappa shape index (κ1) is 98.5. The number of hydrogen-bond acceptors (Lipinski definition) is 10. The second-order valence-electron chi connectivity index (χ2n) is 52.3. The first-order chi connectivity index (χ1) is 64.5. The van der Waals surface area contributed by atoms with Gasteiger partial charge in [0.25, 0.3) is 0 Å². The van der Waals surface area contributed by atoms with Crippen LogP contribution in [0, 0.1) is 180 Å². The summed E-state index contributed by atoms with van der Waals surface area (Å²) in [5.74, 6) is 21.7. The number of carbonyl (C=O) groups excluding carboxylic acids is 3. The van der Waals surface area contributed by atoms with Crippen molar-refractivity contribution >= 4 is 17.3 Å². The molecule has 15 fully saturated rings. The average molecular weight is 1840 g/mol. The monoisotopic (exact) mass is 1840 g/mol. The SMILES string of the molecule is CCC1CC2C3CCc4cc(O)ccc4C3CC[C@]2(C)C1=O.CCC1CC2c3ccc(O)cc3CCC2C2CC[C@H](O)[C@@]12C.CCC1CCC2C3CCc4c(C)ccc(O)c4C3CC[C@]12C.CCC1CCC2C3CCc4cc(O)ccc4C3CC(CC)[C@]12C.CCC1C[C@H]2[C@@H]3CCC4=CC(=O)CC[C@]4(C)[C@H]3CC[C@]2(C)[C@H]1O.CCC1C[C@H]2[C@@H]3CCC4C[C@H](O)CC[C@]4(C)[C@H]3CC[C@]2(C)C1=O. The van der Waals surface area contributed by atoms with Crippen LogP contribution in [0.1, 0.15) is 428 Å². The Hall–Kier alpha value is -5.29. The zero-order valence-electron chi connectivity index (χ0n) is 86.9. The van der Waals surface area contributed by atoms with E-state index in [4.69, 9.17) is 0 Å². The van der Waals surface area contributed by atoms with E-state index in [2.05, 4.69) is 135 Å². The zero-order chi connectivity index (χ0) is 95.4. The van der Waals surface area contributed by atoms with Crippen LogP contribution in [0.4, 0.5) is 0 Å². The number of ketones is 3. The number of carbonyl (C=O) groups is 3. The van der Waals surface area contributed by atoms with Gasteiger partial charge in [-0.2, -0.15) is 0 Å². The molecule has 0 bridgehead atoms. The van der Waals surface area contributed by atoms with E-state index in [0.29, 0.717) is 128 Å². The van der Waals surface area contributed by atoms with Crippen molar-refractivity contribution in [1.82, 2.24) is 0 Å². The summed E-state index contributed by atoms with van der Waals surface area (Å²) in [5.41, 5.74) is 16.3. The number of Topliss-reactive ketones (excluding diaryl/α,β-unsaturated/α-hetero) is 2. The van der Waals surface area contributed by atoms with E-state index >= 15 is 0 Å². The van der Waals surface area contributed by atoms with Crippen LogP contribution in [0.25, 0.3) is 0 Å². The summed E-state index contributed by atoms with van der Waals surface area (Å²) < 4.78 is 0. The number of aromatic hydroxyl groups is 4. The number of phenols is 4. The molecule has 0 amide bonds. The van der Waals surface area contributed by atoms with Crippen LogP contribution in [-0.2, 0) is 40.1 Å². The summed E-state index contributed by atoms with van der Waals surface area (Å²) in [6, 6.07) is 22.2. The predicted molar refractivity (Wildman–Crippen MR) is 545 cm³/mol. The van der Waals surface area contributed by atoms with Crippen molar-refractivity contribution in [2.45, 2.75) is 429 Å². The lowest BCUT2D eigenvalue weighted by atomic mass is 9.45. The number of aliphatic hydroxyl groups is 3. The minimum Gasteiger partial charge on any atom is -0.508 e. The van der Waals surface area contributed by atoms with Crippen molar-refractivity contribution in [3.63, 3.8) is 0 Å². The number of benzene rings is 4. The molecule has 20 aliphatic carbocycles. The molecule has 20 unspecified atom stereocenters. The van der Waals surface area contributed by atoms with E-state index < -0.39 is 0 Å². The van der Waals surface area contributed by atoms with Gasteiger partial charge in [-0.05, 0) is 512 Å². The Balaban J connectivity index is 0.000000104. The molecule has 0 aromatic heterocycles. The molecule has 7 N–H and O–H groups in total. The van der Waals surface area contributed by atoms with E-state index in [0.717, 1.165) is 186 Å². The Kier molecular flexibility index (Phi) is 27.6. The molecule has 0 saturated heterocycles. The highest BCUT2D eigenvalue weighted by molar-refractivity contribution is 5.92. The number of hydrogen-bond donors (Lipinski definition) is 7. The van der Waals surface area contributed by atoms with E-state index in [1.807, 2.05) is 48.5 Å². The lowest BCUT2D eigenvalue weighted by Gasteiger charge is -2.60. The number of rotatable bonds is 7. The average Bonchev–Trinajstić information content (AvgIpc) is 1.56. The predicted octanol–water partition coefficient (Wildman–Crippen LogP) is 29.3. The summed E-state index contributed by atoms with van der Waals surface area (Å²) in [7, 11) is 0. The van der Waals surface area contributed by atoms with E-state index in [-0.39, 0.29) is 45.4 Å². The summed E-state index contributed by atoms with van der Waals surface area (Å²) >= 11 is 0. The number of aliphatic hydroxyl groups excluding tert-OH is 3. The van der Waals surface area contributed by atoms with Gasteiger partial charge in [0.15, 0.2) is 5.78 Å². The lowest BCUT2D eigenvalue weighted by molar-refractivity contribution is -0.143. The van der Waals surface area contributed by atoms with Gasteiger partial charge in [-0.25, -0.2) is 0 Å². The van der Waals surface area contributed by atoms with Gasteiger partial charge in [-0.15, -0.1) is 0 Å². The maximum absolute atomic E-state index is 12.9. The van der Waals surface area contributed by atoms with Crippen molar-refractivity contribution in [1.29, 1.82) is 0 Å². The zero-order valence-corrected chi connectivity index (χ0v) is 86.9. The van der Waals surface area contributed by atoms with Crippen LogP contribution >= 0.6 is 0 Å². The molecule has 0 radical (unpaired) electrons. The van der Waals surface area contributed by atoms with Crippen molar-refractivity contribution < 1.29 is 50.1 Å². The topological polar surface area (TPSA) is 193 Å². The molecule has 135 heavy (non-hydrogen) atoms. The first-order valence-corrected chi connectivity index (χ1v) is 57.2. The molecule has 24 rings (SSSR count). The third-order valence-electron chi connectivity index (χ3n) is 48.2. The molecule has 10 heteroatoms. The standard InChI is InChI=1S/C22H32O.C21H34O2.C21H32O2.C21H30O.C20H28O2.C20H26O2/c1-4-15-7-11-21-19-9-6-14-12-17(23)8-10-18(14)20(19)13-16(5-2)22(15,21)3;2*1-4-13-11-18-16-6-5-14-12-15(22)7-9-20(14,2)17(16)8-10-21(18,3)19(13)23;1-4-14-6-9-18-16-8-7-15-13(2)5-10-19(22)20(15)17(16)11-12-21(14,18)3;1-3-13-11-17-15-7-5-14(21)10-12(15)4-6-16(17)18-8-9-19(22)20(13,18)2;1-3-12-11-18-17-6-4-13-10-14(21)5-7-15(13)16(17)8-9-20(18,2)19(12)22/h8,10,12,15-16,19-21,23H,4-7,9,11,13H2,1-3H3;13-18,22H,4-12H2,1-3H3;12-13,16-19,23H,4-11H2,1-3H3;5,10,14,16-18,22H,4,6-9,11-12H2,1-3H3;5,7,10,13,16-19,21-22H,3-4,6,8-9,11H2,1-2H3;5,7,10,12,16-18,21H,3-4,6,8-9,11H2,1-2H3/t15?,16?,19?,20?,21?,22-;13?,14?,15-,16-,17+,18+,20+,21+;13?,16-,17+,18+,19+,20+,21+;14?,16?,17?,18?,21-;13?,16?,17?,18?,19-,20-;12?,16?,17?,18?,20-/m011100/s1. The Labute approximate surface area is 816 Å². The highest BCUT2D eigenvalue weighted by Crippen LogP contribution is 2.73. The summed E-state index contributed by atoms with van der Waals surface area (Å²) in [4.78, 5) is 37.6. The molecule has 10 nitrogen and oxygen atoms in total. The molecule has 0 spiro atoms. The third kappa shape index (κ3) is 16.1. The molecular weight excluding hydrogens is 1660 g/mol. The van der Waals surface area contributed by atoms with Crippen LogP contribution in [0.15, 0.2) is 78.4 Å². The smallest absolute Gasteiger partial charge is 0.155 e. The minimum absolute atomic E-state index is 0.0147. The number of allylic oxidation sites excluding steroid dienone is 1. The van der Waals surface area contributed by atoms with E-state index in [1.54, 1.807) is 5.56 Å². The molecule has 20 aliphatic rings. The summed E-state index contributed by atoms with van der Waals surface area (Å²) in [6.45, 7) is 37.8. The van der Waals surface area contributed by atoms with Gasteiger partial charge in [-0.3, -0.25) is 14.4 Å². The quantitative estimate of drug-likeness (QED) is 0.0937. The Morgan fingerprint density at radius 3 is 1.41 bits per heavy atom. The van der Waals surface area contributed by atoms with Gasteiger partial charge in [0.05, 0.1) is 18.3 Å². The number of aryl methyl sites for hydroxylation is 4. The Bertz CT molecular complexity index is 5010. The second kappa shape index (κ2) is 37.8. The third-order valence-corrected chi connectivity index (χ3v) is 48.2. The fourth-order valence-electron chi connectivity index (χ4n) is 40.6. The Morgan fingerprint density at radius 2 is 0.822 bits per heavy atom. The molecule has 15 saturated carbocycles. The van der Waals surface area contributed by atoms with Gasteiger partial charge in [0.2, 0.25) is 0 Å². The maximum atomic E-state index is 12.9. The van der Waals surface area contributed by atoms with Gasteiger partial charge >= 0.3 is 0 Å². The van der Waals surface area contributed by atoms with Crippen LogP contribution < -0.4 is 0 Å². The van der Waals surface area contributed by atoms with Gasteiger partial charge in [-0.1, -0.05) is 166 Å². The van der Waals surface area contributed by atoms with Crippen LogP contribution in [-0.4, -0.2) is 71.4 Å². The van der Waals surface area contributed by atoms with Gasteiger partial charge < -0.3 is 35.7 Å². The molecule has 0 aliphatic heterocycles. The van der Waals surface area contributed by atoms with Crippen molar-refractivity contribution in [2.75, 3.05) is 0 Å². The highest BCUT2D eigenvalue weighted by atomic mass is 16.3. The van der Waals surface area contributed by atoms with E-state index in [1.165, 1.54) is 223 Å². The number of fused-ring (bicyclic) bond motifs is 30. The highest BCUT2D eigenvalue weighted by Gasteiger charge is 2.67. The minimum atomic E-state index is -0.107. The van der Waals surface area contributed by atoms with Gasteiger partial charge in [0.1, 0.15) is 34.6 Å². The summed E-state index contributed by atoms with van der Waals surface area (Å²) in [5, 5.41) is 71.6. The lowest BCUT2D eigenvalue weighted by Crippen LogP contribution is -2.54. The largest absolute Gasteiger partial charge is 0.508 e. The normalized spacial score (nSPS) is 45.7. The first-order valence-electron chi connectivity index (χ1n) is 57.2. The fourth-order valence-corrected chi connectivity index (χ4v) is 40.6. The fraction of sp³-hybridized carbons (Fsp3) is 0.768. The van der Waals surface area contributed by atoms with Crippen LogP contribution in [0.5, 0.6) is 23.0 Å². The van der Waals surface area contributed by atoms with E-state index in [9.17, 15) is 50.1 Å².